The summed E-state index contributed by atoms with van der Waals surface area (Å²) in [6.45, 7) is 4.83. The Kier molecular flexibility index (Phi) is 10.4. The van der Waals surface area contributed by atoms with Crippen LogP contribution in [0.5, 0.6) is 11.5 Å². The van der Waals surface area contributed by atoms with E-state index >= 15 is 0 Å². The predicted octanol–water partition coefficient (Wildman–Crippen LogP) is 4.70. The van der Waals surface area contributed by atoms with Crippen LogP contribution < -0.4 is 9.47 Å². The van der Waals surface area contributed by atoms with Crippen molar-refractivity contribution in [3.8, 4) is 28.8 Å². The molecule has 0 saturated carbocycles. The SMILES string of the molecule is CCC.COc1cc(Cl)c(-c2nc(S(C)=O)nc3c2c(C#N)cn3COCCS)cc1OC. The largest absolute Gasteiger partial charge is 0.493 e. The van der Waals surface area contributed by atoms with E-state index in [2.05, 4.69) is 42.5 Å². The predicted molar refractivity (Wildman–Crippen MR) is 134 cm³/mol. The molecule has 0 N–H and O–H groups in total. The third-order valence-corrected chi connectivity index (χ3v) is 5.46. The van der Waals surface area contributed by atoms with Gasteiger partial charge < -0.3 is 18.8 Å². The van der Waals surface area contributed by atoms with Crippen molar-refractivity contribution in [2.75, 3.05) is 32.8 Å². The number of nitriles is 1. The van der Waals surface area contributed by atoms with E-state index in [4.69, 9.17) is 25.8 Å². The molecule has 33 heavy (non-hydrogen) atoms. The minimum Gasteiger partial charge on any atom is -0.493 e. The number of methoxy groups -OCH3 is 2. The molecule has 1 aromatic carbocycles. The fourth-order valence-corrected chi connectivity index (χ4v) is 3.74. The van der Waals surface area contributed by atoms with Gasteiger partial charge in [0.1, 0.15) is 18.4 Å². The maximum atomic E-state index is 12.2. The lowest BCUT2D eigenvalue weighted by Crippen LogP contribution is -2.06. The van der Waals surface area contributed by atoms with Crippen molar-refractivity contribution in [3.05, 3.63) is 28.9 Å². The highest BCUT2D eigenvalue weighted by molar-refractivity contribution is 7.84. The molecule has 178 valence electrons. The topological polar surface area (TPSA) is 99.3 Å². The molecule has 0 amide bonds. The summed E-state index contributed by atoms with van der Waals surface area (Å²) in [6.07, 6.45) is 4.36. The average molecular weight is 511 g/mol. The Morgan fingerprint density at radius 1 is 1.21 bits per heavy atom. The van der Waals surface area contributed by atoms with Crippen LogP contribution in [0.3, 0.4) is 0 Å². The summed E-state index contributed by atoms with van der Waals surface area (Å²) in [7, 11) is 1.55. The third kappa shape index (κ3) is 6.18. The Balaban J connectivity index is 0.00000122. The van der Waals surface area contributed by atoms with Crippen LogP contribution in [0.2, 0.25) is 5.02 Å². The molecule has 1 unspecified atom stereocenters. The molecule has 0 bridgehead atoms. The summed E-state index contributed by atoms with van der Waals surface area (Å²) >= 11 is 10.6. The molecular weight excluding hydrogens is 484 g/mol. The van der Waals surface area contributed by atoms with Crippen molar-refractivity contribution in [3.63, 3.8) is 0 Å². The van der Waals surface area contributed by atoms with Gasteiger partial charge in [-0.3, -0.25) is 4.21 Å². The van der Waals surface area contributed by atoms with Gasteiger partial charge in [-0.05, 0) is 6.07 Å². The molecule has 11 heteroatoms. The number of hydrogen-bond acceptors (Lipinski definition) is 8. The lowest BCUT2D eigenvalue weighted by atomic mass is 10.1. The number of thiol groups is 1. The molecule has 2 heterocycles. The van der Waals surface area contributed by atoms with E-state index < -0.39 is 10.8 Å². The zero-order valence-electron chi connectivity index (χ0n) is 19.2. The van der Waals surface area contributed by atoms with Gasteiger partial charge in [0.25, 0.3) is 0 Å². The van der Waals surface area contributed by atoms with Gasteiger partial charge in [-0.25, -0.2) is 9.97 Å². The summed E-state index contributed by atoms with van der Waals surface area (Å²) in [4.78, 5) is 8.89. The summed E-state index contributed by atoms with van der Waals surface area (Å²) in [6, 6.07) is 5.43. The standard InChI is InChI=1S/C19H19ClN4O4S2.C3H8/c1-26-14-6-12(13(20)7-15(14)27-2)17-16-11(8-21)9-24(10-28-4-5-29)18(16)23-19(22-17)30(3)25;1-3-2/h6-7,9,29H,4-5,10H2,1-3H3;3H2,1-2H3. The summed E-state index contributed by atoms with van der Waals surface area (Å²) in [5.41, 5.74) is 1.64. The van der Waals surface area contributed by atoms with Crippen LogP contribution in [0.25, 0.3) is 22.3 Å². The number of fused-ring (bicyclic) bond motifs is 1. The zero-order chi connectivity index (χ0) is 24.5. The van der Waals surface area contributed by atoms with E-state index in [9.17, 15) is 9.47 Å². The van der Waals surface area contributed by atoms with Gasteiger partial charge in [0, 0.05) is 29.8 Å². The summed E-state index contributed by atoms with van der Waals surface area (Å²) in [5, 5.41) is 10.6. The minimum atomic E-state index is -1.47. The molecule has 0 radical (unpaired) electrons. The second kappa shape index (κ2) is 12.8. The van der Waals surface area contributed by atoms with E-state index in [-0.39, 0.29) is 11.9 Å². The van der Waals surface area contributed by atoms with E-state index in [0.29, 0.717) is 56.7 Å². The number of rotatable bonds is 8. The lowest BCUT2D eigenvalue weighted by molar-refractivity contribution is 0.0927. The van der Waals surface area contributed by atoms with Crippen LogP contribution >= 0.6 is 24.2 Å². The van der Waals surface area contributed by atoms with E-state index in [1.807, 2.05) is 0 Å². The van der Waals surface area contributed by atoms with Crippen molar-refractivity contribution in [1.82, 2.24) is 14.5 Å². The first-order valence-electron chi connectivity index (χ1n) is 10.1. The smallest absolute Gasteiger partial charge is 0.220 e. The Morgan fingerprint density at radius 3 is 2.39 bits per heavy atom. The molecule has 0 fully saturated rings. The molecule has 0 aliphatic heterocycles. The van der Waals surface area contributed by atoms with Gasteiger partial charge in [-0.1, -0.05) is 31.9 Å². The van der Waals surface area contributed by atoms with Crippen molar-refractivity contribution in [1.29, 1.82) is 5.26 Å². The van der Waals surface area contributed by atoms with Gasteiger partial charge >= 0.3 is 0 Å². The third-order valence-electron chi connectivity index (χ3n) is 4.27. The Hall–Kier alpha value is -2.32. The number of hydrogen-bond donors (Lipinski definition) is 1. The van der Waals surface area contributed by atoms with Crippen LogP contribution in [0.1, 0.15) is 25.8 Å². The molecule has 0 saturated heterocycles. The molecular formula is C22H27ClN4O4S2. The number of benzene rings is 1. The van der Waals surface area contributed by atoms with Crippen LogP contribution in [-0.4, -0.2) is 51.6 Å². The van der Waals surface area contributed by atoms with Crippen LogP contribution in [-0.2, 0) is 22.3 Å². The number of aromatic nitrogens is 3. The molecule has 0 aliphatic rings. The van der Waals surface area contributed by atoms with E-state index in [1.54, 1.807) is 22.9 Å². The normalized spacial score (nSPS) is 11.5. The first-order chi connectivity index (χ1) is 15.9. The Labute approximate surface area is 206 Å². The van der Waals surface area contributed by atoms with Crippen LogP contribution in [0, 0.1) is 11.3 Å². The van der Waals surface area contributed by atoms with E-state index in [1.165, 1.54) is 26.9 Å². The maximum Gasteiger partial charge on any atom is 0.220 e. The molecule has 2 aromatic heterocycles. The number of nitrogens with zero attached hydrogens (tertiary/aromatic N) is 4. The quantitative estimate of drug-likeness (QED) is 0.266. The minimum absolute atomic E-state index is 0.112. The molecule has 3 aromatic rings. The summed E-state index contributed by atoms with van der Waals surface area (Å²) in [5.74, 6) is 1.45. The lowest BCUT2D eigenvalue weighted by Gasteiger charge is -2.13. The van der Waals surface area contributed by atoms with Gasteiger partial charge in [-0.15, -0.1) is 0 Å². The van der Waals surface area contributed by atoms with Gasteiger partial charge in [0.2, 0.25) is 5.16 Å². The molecule has 0 aliphatic carbocycles. The van der Waals surface area contributed by atoms with Crippen LogP contribution in [0.4, 0.5) is 0 Å². The van der Waals surface area contributed by atoms with Crippen molar-refractivity contribution < 1.29 is 18.4 Å². The monoisotopic (exact) mass is 510 g/mol. The van der Waals surface area contributed by atoms with Gasteiger partial charge in [-0.2, -0.15) is 17.9 Å². The van der Waals surface area contributed by atoms with Gasteiger partial charge in [0.05, 0.1) is 53.3 Å². The van der Waals surface area contributed by atoms with E-state index in [0.717, 1.165) is 0 Å². The highest BCUT2D eigenvalue weighted by Gasteiger charge is 2.22. The van der Waals surface area contributed by atoms with Crippen molar-refractivity contribution in [2.45, 2.75) is 32.2 Å². The highest BCUT2D eigenvalue weighted by atomic mass is 35.5. The van der Waals surface area contributed by atoms with Crippen LogP contribution in [0.15, 0.2) is 23.5 Å². The molecule has 3 rings (SSSR count). The van der Waals surface area contributed by atoms with Crippen molar-refractivity contribution >= 4 is 46.1 Å². The number of ether oxygens (including phenoxy) is 3. The first-order valence-corrected chi connectivity index (χ1v) is 12.7. The van der Waals surface area contributed by atoms with Crippen molar-refractivity contribution in [2.24, 2.45) is 0 Å². The molecule has 8 nitrogen and oxygen atoms in total. The maximum absolute atomic E-state index is 12.2. The second-order valence-electron chi connectivity index (χ2n) is 6.79. The fraction of sp³-hybridized carbons (Fsp3) is 0.409. The average Bonchev–Trinajstić information content (AvgIpc) is 3.16. The summed E-state index contributed by atoms with van der Waals surface area (Å²) < 4.78 is 30.1. The first kappa shape index (κ1) is 26.9. The molecule has 1 atom stereocenters. The highest BCUT2D eigenvalue weighted by Crippen LogP contribution is 2.41. The van der Waals surface area contributed by atoms with Gasteiger partial charge in [0.15, 0.2) is 11.5 Å². The second-order valence-corrected chi connectivity index (χ2v) is 8.91. The number of halogens is 1. The zero-order valence-corrected chi connectivity index (χ0v) is 21.7. The fourth-order valence-electron chi connectivity index (χ4n) is 2.94. The Morgan fingerprint density at radius 2 is 1.85 bits per heavy atom. The molecule has 0 spiro atoms. The Bertz CT molecular complexity index is 1180.